The Balaban J connectivity index is 1.68. The number of morpholine rings is 1. The average molecular weight is 488 g/mol. The fourth-order valence-electron chi connectivity index (χ4n) is 3.92. The molecule has 7 nitrogen and oxygen atoms in total. The van der Waals surface area contributed by atoms with Gasteiger partial charge in [-0.15, -0.1) is 11.8 Å². The molecule has 1 saturated heterocycles. The van der Waals surface area contributed by atoms with Gasteiger partial charge in [-0.25, -0.2) is 4.98 Å². The number of methoxy groups -OCH3 is 2. The lowest BCUT2D eigenvalue weighted by Crippen LogP contribution is -2.39. The number of hydrogen-bond acceptors (Lipinski definition) is 8. The van der Waals surface area contributed by atoms with Crippen molar-refractivity contribution in [3.63, 3.8) is 0 Å². The van der Waals surface area contributed by atoms with Gasteiger partial charge < -0.3 is 14.2 Å². The summed E-state index contributed by atoms with van der Waals surface area (Å²) in [6.07, 6.45) is 2.83. The van der Waals surface area contributed by atoms with E-state index in [2.05, 4.69) is 4.90 Å². The topological polar surface area (TPSA) is 64.1 Å². The molecule has 0 spiro atoms. The zero-order chi connectivity index (χ0) is 23.2. The van der Waals surface area contributed by atoms with E-state index >= 15 is 0 Å². The Labute approximate surface area is 202 Å². The zero-order valence-electron chi connectivity index (χ0n) is 19.2. The maximum atomic E-state index is 13.8. The van der Waals surface area contributed by atoms with E-state index in [1.165, 1.54) is 11.3 Å². The number of ether oxygens (including phenoxy) is 3. The van der Waals surface area contributed by atoms with E-state index in [4.69, 9.17) is 19.2 Å². The van der Waals surface area contributed by atoms with E-state index in [1.807, 2.05) is 42.7 Å². The molecule has 4 rings (SSSR count). The molecule has 176 valence electrons. The Morgan fingerprint density at radius 1 is 1.15 bits per heavy atom. The van der Waals surface area contributed by atoms with Crippen LogP contribution in [0.5, 0.6) is 11.5 Å². The van der Waals surface area contributed by atoms with Crippen molar-refractivity contribution in [2.24, 2.45) is 0 Å². The van der Waals surface area contributed by atoms with Gasteiger partial charge in [0.2, 0.25) is 0 Å². The first kappa shape index (κ1) is 23.8. The highest BCUT2D eigenvalue weighted by Gasteiger charge is 2.25. The molecule has 0 bridgehead atoms. The van der Waals surface area contributed by atoms with Crippen molar-refractivity contribution < 1.29 is 19.0 Å². The quantitative estimate of drug-likeness (QED) is 0.415. The van der Waals surface area contributed by atoms with Gasteiger partial charge in [-0.05, 0) is 36.9 Å². The van der Waals surface area contributed by atoms with Gasteiger partial charge in [0.1, 0.15) is 21.7 Å². The van der Waals surface area contributed by atoms with Crippen LogP contribution in [0.1, 0.15) is 16.8 Å². The Kier molecular flexibility index (Phi) is 8.08. The fraction of sp³-hybridized carbons (Fsp3) is 0.417. The maximum Gasteiger partial charge on any atom is 0.261 e. The van der Waals surface area contributed by atoms with Crippen molar-refractivity contribution in [2.75, 3.05) is 64.8 Å². The minimum absolute atomic E-state index is 0.0427. The summed E-state index contributed by atoms with van der Waals surface area (Å²) < 4.78 is 17.4. The summed E-state index contributed by atoms with van der Waals surface area (Å²) in [7, 11) is 3.26. The fourth-order valence-corrected chi connectivity index (χ4v) is 5.61. The minimum Gasteiger partial charge on any atom is -0.495 e. The molecule has 0 unspecified atom stereocenters. The van der Waals surface area contributed by atoms with Crippen LogP contribution in [0.2, 0.25) is 0 Å². The molecule has 1 amide bonds. The van der Waals surface area contributed by atoms with Crippen LogP contribution >= 0.6 is 23.1 Å². The zero-order valence-corrected chi connectivity index (χ0v) is 20.8. The number of aromatic nitrogens is 1. The molecule has 33 heavy (non-hydrogen) atoms. The SMILES string of the molecule is COc1ccc(OC)c2sc(N(CCCN3CCOCC3)C(=O)c3ccccc3SC)nc12. The Hall–Kier alpha value is -2.33. The van der Waals surface area contributed by atoms with Crippen LogP contribution in [-0.4, -0.2) is 75.7 Å². The van der Waals surface area contributed by atoms with Crippen LogP contribution in [0.4, 0.5) is 5.13 Å². The Morgan fingerprint density at radius 3 is 2.61 bits per heavy atom. The molecule has 1 aromatic heterocycles. The van der Waals surface area contributed by atoms with Gasteiger partial charge in [-0.2, -0.15) is 0 Å². The van der Waals surface area contributed by atoms with Crippen molar-refractivity contribution in [2.45, 2.75) is 11.3 Å². The summed E-state index contributed by atoms with van der Waals surface area (Å²) in [5, 5.41) is 0.649. The molecule has 3 aromatic rings. The van der Waals surface area contributed by atoms with Gasteiger partial charge in [-0.1, -0.05) is 23.5 Å². The summed E-state index contributed by atoms with van der Waals surface area (Å²) in [4.78, 5) is 23.8. The predicted molar refractivity (Wildman–Crippen MR) is 134 cm³/mol. The molecule has 2 heterocycles. The minimum atomic E-state index is -0.0427. The number of thioether (sulfide) groups is 1. The smallest absolute Gasteiger partial charge is 0.261 e. The van der Waals surface area contributed by atoms with Gasteiger partial charge >= 0.3 is 0 Å². The Bertz CT molecular complexity index is 1060. The second-order valence-electron chi connectivity index (χ2n) is 7.61. The van der Waals surface area contributed by atoms with E-state index in [1.54, 1.807) is 30.9 Å². The number of carbonyl (C=O) groups is 1. The maximum absolute atomic E-state index is 13.8. The first-order valence-electron chi connectivity index (χ1n) is 10.9. The lowest BCUT2D eigenvalue weighted by molar-refractivity contribution is 0.0376. The van der Waals surface area contributed by atoms with E-state index in [0.29, 0.717) is 28.5 Å². The van der Waals surface area contributed by atoms with Gasteiger partial charge in [0.15, 0.2) is 5.13 Å². The highest BCUT2D eigenvalue weighted by atomic mass is 32.2. The third-order valence-electron chi connectivity index (χ3n) is 5.67. The summed E-state index contributed by atoms with van der Waals surface area (Å²) in [5.41, 5.74) is 1.40. The third-order valence-corrected chi connectivity index (χ3v) is 7.56. The van der Waals surface area contributed by atoms with Crippen molar-refractivity contribution >= 4 is 44.4 Å². The van der Waals surface area contributed by atoms with E-state index < -0.39 is 0 Å². The molecular weight excluding hydrogens is 458 g/mol. The van der Waals surface area contributed by atoms with E-state index in [0.717, 1.165) is 54.6 Å². The number of fused-ring (bicyclic) bond motifs is 1. The largest absolute Gasteiger partial charge is 0.495 e. The highest BCUT2D eigenvalue weighted by Crippen LogP contribution is 2.40. The van der Waals surface area contributed by atoms with Crippen LogP contribution < -0.4 is 14.4 Å². The summed E-state index contributed by atoms with van der Waals surface area (Å²) in [6, 6.07) is 11.4. The molecule has 0 radical (unpaired) electrons. The molecule has 1 aliphatic heterocycles. The lowest BCUT2D eigenvalue weighted by Gasteiger charge is -2.28. The van der Waals surface area contributed by atoms with Gasteiger partial charge in [0.05, 0.1) is 33.0 Å². The van der Waals surface area contributed by atoms with Gasteiger partial charge in [0, 0.05) is 31.1 Å². The molecule has 0 N–H and O–H groups in total. The Morgan fingerprint density at radius 2 is 1.88 bits per heavy atom. The van der Waals surface area contributed by atoms with E-state index in [9.17, 15) is 4.79 Å². The summed E-state index contributed by atoms with van der Waals surface area (Å²) in [5.74, 6) is 1.34. The molecule has 1 fully saturated rings. The molecule has 9 heteroatoms. The number of thiazole rings is 1. The number of carbonyl (C=O) groups excluding carboxylic acids is 1. The molecule has 0 aliphatic carbocycles. The standard InChI is InChI=1S/C24H29N3O4S2/c1-29-18-9-10-19(30-2)22-21(18)25-24(33-22)27(12-6-11-26-13-15-31-16-14-26)23(28)17-7-4-5-8-20(17)32-3/h4-5,7-10H,6,11-16H2,1-3H3. The highest BCUT2D eigenvalue weighted by molar-refractivity contribution is 7.98. The molecule has 0 saturated carbocycles. The number of rotatable bonds is 9. The summed E-state index contributed by atoms with van der Waals surface area (Å²) >= 11 is 3.03. The first-order chi connectivity index (χ1) is 16.2. The first-order valence-corrected chi connectivity index (χ1v) is 13.0. The number of benzene rings is 2. The van der Waals surface area contributed by atoms with Crippen molar-refractivity contribution in [3.05, 3.63) is 42.0 Å². The number of hydrogen-bond donors (Lipinski definition) is 0. The molecule has 1 aliphatic rings. The van der Waals surface area contributed by atoms with Gasteiger partial charge in [0.25, 0.3) is 5.91 Å². The summed E-state index contributed by atoms with van der Waals surface area (Å²) in [6.45, 7) is 4.87. The second-order valence-corrected chi connectivity index (χ2v) is 9.43. The number of nitrogens with zero attached hydrogens (tertiary/aromatic N) is 3. The van der Waals surface area contributed by atoms with Crippen molar-refractivity contribution in [1.82, 2.24) is 9.88 Å². The van der Waals surface area contributed by atoms with Crippen molar-refractivity contribution in [3.8, 4) is 11.5 Å². The number of anilines is 1. The average Bonchev–Trinajstić information content (AvgIpc) is 3.31. The molecular formula is C24H29N3O4S2. The van der Waals surface area contributed by atoms with Gasteiger partial charge in [-0.3, -0.25) is 14.6 Å². The third kappa shape index (κ3) is 5.27. The van der Waals surface area contributed by atoms with Crippen molar-refractivity contribution in [1.29, 1.82) is 0 Å². The lowest BCUT2D eigenvalue weighted by atomic mass is 10.2. The predicted octanol–water partition coefficient (Wildman–Crippen LogP) is 4.40. The molecule has 2 aromatic carbocycles. The van der Waals surface area contributed by atoms with Crippen LogP contribution in [0, 0.1) is 0 Å². The second kappa shape index (κ2) is 11.2. The van der Waals surface area contributed by atoms with Crippen LogP contribution in [0.15, 0.2) is 41.3 Å². The number of amides is 1. The van der Waals surface area contributed by atoms with Crippen LogP contribution in [0.25, 0.3) is 10.2 Å². The van der Waals surface area contributed by atoms with Crippen LogP contribution in [0.3, 0.4) is 0 Å². The van der Waals surface area contributed by atoms with E-state index in [-0.39, 0.29) is 5.91 Å². The monoisotopic (exact) mass is 487 g/mol. The molecule has 0 atom stereocenters. The van der Waals surface area contributed by atoms with Crippen LogP contribution in [-0.2, 0) is 4.74 Å². The normalized spacial score (nSPS) is 14.4.